The summed E-state index contributed by atoms with van der Waals surface area (Å²) < 4.78 is 0. The van der Waals surface area contributed by atoms with Crippen LogP contribution in [0.5, 0.6) is 0 Å². The molecule has 2 saturated carbocycles. The second kappa shape index (κ2) is 6.93. The van der Waals surface area contributed by atoms with Gasteiger partial charge in [0.1, 0.15) is 0 Å². The van der Waals surface area contributed by atoms with Gasteiger partial charge < -0.3 is 16.4 Å². The van der Waals surface area contributed by atoms with Crippen LogP contribution in [0.4, 0.5) is 11.4 Å². The molecule has 0 aromatic heterocycles. The number of hydrogen-bond donors (Lipinski definition) is 3. The van der Waals surface area contributed by atoms with Crippen molar-refractivity contribution < 1.29 is 9.59 Å². The minimum atomic E-state index is -0.0610. The van der Waals surface area contributed by atoms with Crippen LogP contribution in [-0.2, 0) is 9.59 Å². The molecule has 0 saturated heterocycles. The van der Waals surface area contributed by atoms with E-state index >= 15 is 0 Å². The third kappa shape index (κ3) is 3.61. The summed E-state index contributed by atoms with van der Waals surface area (Å²) in [5.74, 6) is 1.27. The van der Waals surface area contributed by atoms with E-state index in [4.69, 9.17) is 5.73 Å². The minimum absolute atomic E-state index is 0.00153. The van der Waals surface area contributed by atoms with Crippen LogP contribution in [0.15, 0.2) is 24.3 Å². The summed E-state index contributed by atoms with van der Waals surface area (Å²) in [6, 6.07) is 7.27. The first kappa shape index (κ1) is 17.0. The molecule has 24 heavy (non-hydrogen) atoms. The van der Waals surface area contributed by atoms with Crippen molar-refractivity contribution in [2.24, 2.45) is 29.4 Å². The largest absolute Gasteiger partial charge is 0.327 e. The maximum Gasteiger partial charge on any atom is 0.229 e. The van der Waals surface area contributed by atoms with Crippen LogP contribution < -0.4 is 16.4 Å². The maximum absolute atomic E-state index is 12.5. The van der Waals surface area contributed by atoms with Crippen molar-refractivity contribution >= 4 is 23.2 Å². The molecule has 0 spiro atoms. The summed E-state index contributed by atoms with van der Waals surface area (Å²) in [6.45, 7) is 4.03. The van der Waals surface area contributed by atoms with Gasteiger partial charge in [-0.1, -0.05) is 13.8 Å². The summed E-state index contributed by atoms with van der Waals surface area (Å²) in [5, 5.41) is 5.85. The molecule has 2 bridgehead atoms. The fourth-order valence-electron chi connectivity index (χ4n) is 4.17. The van der Waals surface area contributed by atoms with Crippen molar-refractivity contribution in [3.8, 4) is 0 Å². The van der Waals surface area contributed by atoms with Gasteiger partial charge in [-0.05, 0) is 61.3 Å². The first-order valence-corrected chi connectivity index (χ1v) is 8.90. The fourth-order valence-corrected chi connectivity index (χ4v) is 4.17. The summed E-state index contributed by atoms with van der Waals surface area (Å²) in [7, 11) is 0. The first-order valence-electron chi connectivity index (χ1n) is 8.90. The van der Waals surface area contributed by atoms with Crippen LogP contribution in [0.1, 0.15) is 39.5 Å². The molecule has 4 unspecified atom stereocenters. The molecule has 4 atom stereocenters. The van der Waals surface area contributed by atoms with Crippen LogP contribution in [0.25, 0.3) is 0 Å². The minimum Gasteiger partial charge on any atom is -0.327 e. The predicted octanol–water partition coefficient (Wildman–Crippen LogP) is 2.98. The van der Waals surface area contributed by atoms with E-state index in [9.17, 15) is 9.59 Å². The highest BCUT2D eigenvalue weighted by molar-refractivity contribution is 5.94. The van der Waals surface area contributed by atoms with Gasteiger partial charge in [-0.3, -0.25) is 9.59 Å². The monoisotopic (exact) mass is 329 g/mol. The van der Waals surface area contributed by atoms with E-state index in [0.717, 1.165) is 24.2 Å². The molecule has 3 rings (SSSR count). The molecule has 2 aliphatic rings. The van der Waals surface area contributed by atoms with E-state index in [1.807, 2.05) is 38.1 Å². The van der Waals surface area contributed by atoms with Crippen molar-refractivity contribution in [3.63, 3.8) is 0 Å². The Balaban J connectivity index is 1.56. The standard InChI is InChI=1S/C19H27N3O2/c1-11(2)9-16(23)21-14-5-7-15(8-6-14)22-19(24)17-12-3-4-13(10-12)18(17)20/h5-8,11-13,17-18H,3-4,9-10,20H2,1-2H3,(H,21,23)(H,22,24). The van der Waals surface area contributed by atoms with Crippen molar-refractivity contribution in [1.29, 1.82) is 0 Å². The molecule has 2 amide bonds. The zero-order chi connectivity index (χ0) is 17.3. The number of rotatable bonds is 5. The third-order valence-corrected chi connectivity index (χ3v) is 5.31. The number of fused-ring (bicyclic) bond motifs is 2. The van der Waals surface area contributed by atoms with Gasteiger partial charge in [0.2, 0.25) is 11.8 Å². The average Bonchev–Trinajstić information content (AvgIpc) is 3.09. The van der Waals surface area contributed by atoms with Gasteiger partial charge in [-0.2, -0.15) is 0 Å². The SMILES string of the molecule is CC(C)CC(=O)Nc1ccc(NC(=O)C2C3CCC(C3)C2N)cc1. The van der Waals surface area contributed by atoms with E-state index in [2.05, 4.69) is 10.6 Å². The topological polar surface area (TPSA) is 84.2 Å². The lowest BCUT2D eigenvalue weighted by Gasteiger charge is -2.27. The van der Waals surface area contributed by atoms with Crippen molar-refractivity contribution in [3.05, 3.63) is 24.3 Å². The Morgan fingerprint density at radius 1 is 1.08 bits per heavy atom. The van der Waals surface area contributed by atoms with E-state index in [1.165, 1.54) is 6.42 Å². The Morgan fingerprint density at radius 2 is 1.67 bits per heavy atom. The Hall–Kier alpha value is -1.88. The Kier molecular flexibility index (Phi) is 4.90. The first-order chi connectivity index (χ1) is 11.4. The zero-order valence-electron chi connectivity index (χ0n) is 14.4. The number of carbonyl (C=O) groups is 2. The molecule has 2 aliphatic carbocycles. The van der Waals surface area contributed by atoms with Crippen molar-refractivity contribution in [1.82, 2.24) is 0 Å². The van der Waals surface area contributed by atoms with Crippen LogP contribution in [0, 0.1) is 23.7 Å². The lowest BCUT2D eigenvalue weighted by atomic mass is 9.84. The molecule has 130 valence electrons. The lowest BCUT2D eigenvalue weighted by Crippen LogP contribution is -2.42. The van der Waals surface area contributed by atoms with E-state index < -0.39 is 0 Å². The highest BCUT2D eigenvalue weighted by Crippen LogP contribution is 2.47. The molecule has 0 radical (unpaired) electrons. The smallest absolute Gasteiger partial charge is 0.229 e. The number of nitrogens with one attached hydrogen (secondary N) is 2. The third-order valence-electron chi connectivity index (χ3n) is 5.31. The quantitative estimate of drug-likeness (QED) is 0.776. The summed E-state index contributed by atoms with van der Waals surface area (Å²) in [4.78, 5) is 24.3. The summed E-state index contributed by atoms with van der Waals surface area (Å²) in [6.07, 6.45) is 3.89. The number of benzene rings is 1. The van der Waals surface area contributed by atoms with Gasteiger partial charge in [0.05, 0.1) is 5.92 Å². The predicted molar refractivity (Wildman–Crippen MR) is 95.5 cm³/mol. The van der Waals surface area contributed by atoms with Crippen LogP contribution in [0.3, 0.4) is 0 Å². The van der Waals surface area contributed by atoms with E-state index in [1.54, 1.807) is 0 Å². The summed E-state index contributed by atoms with van der Waals surface area (Å²) in [5.41, 5.74) is 7.72. The molecule has 0 aliphatic heterocycles. The van der Waals surface area contributed by atoms with Gasteiger partial charge in [0, 0.05) is 23.8 Å². The van der Waals surface area contributed by atoms with Gasteiger partial charge in [0.25, 0.3) is 0 Å². The molecule has 1 aromatic rings. The number of amides is 2. The normalized spacial score (nSPS) is 28.2. The lowest BCUT2D eigenvalue weighted by molar-refractivity contribution is -0.121. The molecule has 0 heterocycles. The van der Waals surface area contributed by atoms with Crippen LogP contribution in [0.2, 0.25) is 0 Å². The molecule has 4 N–H and O–H groups in total. The molecule has 5 heteroatoms. The second-order valence-electron chi connectivity index (χ2n) is 7.65. The van der Waals surface area contributed by atoms with Crippen LogP contribution >= 0.6 is 0 Å². The molecule has 5 nitrogen and oxygen atoms in total. The zero-order valence-corrected chi connectivity index (χ0v) is 14.4. The average molecular weight is 329 g/mol. The van der Waals surface area contributed by atoms with Crippen molar-refractivity contribution in [2.75, 3.05) is 10.6 Å². The van der Waals surface area contributed by atoms with Gasteiger partial charge in [-0.25, -0.2) is 0 Å². The Morgan fingerprint density at radius 3 is 2.21 bits per heavy atom. The highest BCUT2D eigenvalue weighted by atomic mass is 16.2. The number of hydrogen-bond acceptors (Lipinski definition) is 3. The van der Waals surface area contributed by atoms with Gasteiger partial charge in [-0.15, -0.1) is 0 Å². The fraction of sp³-hybridized carbons (Fsp3) is 0.579. The maximum atomic E-state index is 12.5. The number of nitrogens with two attached hydrogens (primary N) is 1. The Labute approximate surface area is 143 Å². The summed E-state index contributed by atoms with van der Waals surface area (Å²) >= 11 is 0. The second-order valence-corrected chi connectivity index (χ2v) is 7.65. The molecule has 1 aromatic carbocycles. The number of carbonyl (C=O) groups excluding carboxylic acids is 2. The van der Waals surface area contributed by atoms with Gasteiger partial charge >= 0.3 is 0 Å². The van der Waals surface area contributed by atoms with E-state index in [0.29, 0.717) is 24.2 Å². The molecular weight excluding hydrogens is 302 g/mol. The Bertz CT molecular complexity index is 610. The molecular formula is C19H27N3O2. The highest BCUT2D eigenvalue weighted by Gasteiger charge is 2.49. The van der Waals surface area contributed by atoms with Crippen LogP contribution in [-0.4, -0.2) is 17.9 Å². The molecule has 2 fully saturated rings. The van der Waals surface area contributed by atoms with Crippen molar-refractivity contribution in [2.45, 2.75) is 45.6 Å². The number of anilines is 2. The van der Waals surface area contributed by atoms with Gasteiger partial charge in [0.15, 0.2) is 0 Å². The van der Waals surface area contributed by atoms with E-state index in [-0.39, 0.29) is 23.8 Å².